The molecule has 0 radical (unpaired) electrons. The maximum Gasteiger partial charge on any atom is 0.230 e. The van der Waals surface area contributed by atoms with Gasteiger partial charge in [0, 0.05) is 30.3 Å². The molecule has 9 heteroatoms. The van der Waals surface area contributed by atoms with Gasteiger partial charge in [0.05, 0.1) is 5.75 Å². The smallest absolute Gasteiger partial charge is 0.230 e. The standard InChI is InChI=1S/C14H18BrN5O2S/c1-22-8-4-7-17-12(21)9-23-14-19-18-13(20(14)16)10-5-2-3-6-11(10)15/h2-3,5-6H,4,7-9,16H2,1H3,(H,17,21). The van der Waals surface area contributed by atoms with Gasteiger partial charge in [-0.2, -0.15) is 0 Å². The van der Waals surface area contributed by atoms with Crippen LogP contribution in [0.4, 0.5) is 0 Å². The Balaban J connectivity index is 1.93. The summed E-state index contributed by atoms with van der Waals surface area (Å²) < 4.78 is 7.20. The number of nitrogens with one attached hydrogen (secondary N) is 1. The molecule has 0 saturated carbocycles. The Kier molecular flexibility index (Phi) is 6.87. The molecule has 124 valence electrons. The van der Waals surface area contributed by atoms with Crippen molar-refractivity contribution in [1.82, 2.24) is 20.2 Å². The number of nitrogen functional groups attached to an aromatic ring is 1. The van der Waals surface area contributed by atoms with E-state index in [2.05, 4.69) is 31.4 Å². The highest BCUT2D eigenvalue weighted by Crippen LogP contribution is 2.27. The van der Waals surface area contributed by atoms with Crippen molar-refractivity contribution in [2.24, 2.45) is 0 Å². The molecular formula is C14H18BrN5O2S. The molecule has 0 fully saturated rings. The summed E-state index contributed by atoms with van der Waals surface area (Å²) >= 11 is 4.71. The first-order valence-electron chi connectivity index (χ1n) is 6.97. The fourth-order valence-corrected chi connectivity index (χ4v) is 2.98. The van der Waals surface area contributed by atoms with Crippen molar-refractivity contribution >= 4 is 33.6 Å². The second-order valence-electron chi connectivity index (χ2n) is 4.64. The molecule has 0 bridgehead atoms. The largest absolute Gasteiger partial charge is 0.385 e. The summed E-state index contributed by atoms with van der Waals surface area (Å²) in [5, 5.41) is 11.4. The van der Waals surface area contributed by atoms with E-state index in [4.69, 9.17) is 10.6 Å². The first kappa shape index (κ1) is 17.8. The zero-order valence-electron chi connectivity index (χ0n) is 12.7. The van der Waals surface area contributed by atoms with E-state index >= 15 is 0 Å². The molecule has 3 N–H and O–H groups in total. The second-order valence-corrected chi connectivity index (χ2v) is 6.44. The summed E-state index contributed by atoms with van der Waals surface area (Å²) in [7, 11) is 1.63. The Labute approximate surface area is 147 Å². The first-order chi connectivity index (χ1) is 11.1. The molecule has 1 aromatic carbocycles. The number of rotatable bonds is 8. The molecule has 2 aromatic rings. The number of nitrogens with two attached hydrogens (primary N) is 1. The summed E-state index contributed by atoms with van der Waals surface area (Å²) in [6.45, 7) is 1.21. The van der Waals surface area contributed by atoms with Gasteiger partial charge in [-0.05, 0) is 18.6 Å². The minimum absolute atomic E-state index is 0.0726. The van der Waals surface area contributed by atoms with Crippen molar-refractivity contribution in [3.8, 4) is 11.4 Å². The minimum atomic E-state index is -0.0726. The maximum atomic E-state index is 11.7. The van der Waals surface area contributed by atoms with E-state index in [9.17, 15) is 4.79 Å². The van der Waals surface area contributed by atoms with Crippen LogP contribution in [-0.4, -0.2) is 46.8 Å². The third kappa shape index (κ3) is 4.95. The third-order valence-electron chi connectivity index (χ3n) is 2.96. The molecule has 0 saturated heterocycles. The molecule has 1 heterocycles. The van der Waals surface area contributed by atoms with E-state index in [1.807, 2.05) is 24.3 Å². The van der Waals surface area contributed by atoms with Crippen LogP contribution >= 0.6 is 27.7 Å². The Hall–Kier alpha value is -1.58. The van der Waals surface area contributed by atoms with Crippen LogP contribution in [0.15, 0.2) is 33.9 Å². The van der Waals surface area contributed by atoms with Crippen molar-refractivity contribution in [3.63, 3.8) is 0 Å². The lowest BCUT2D eigenvalue weighted by Gasteiger charge is -2.06. The number of hydrogen-bond donors (Lipinski definition) is 2. The number of thioether (sulfide) groups is 1. The van der Waals surface area contributed by atoms with Crippen molar-refractivity contribution in [2.75, 3.05) is 31.9 Å². The van der Waals surface area contributed by atoms with Gasteiger partial charge in [-0.3, -0.25) is 4.79 Å². The average Bonchev–Trinajstić information content (AvgIpc) is 2.91. The molecule has 23 heavy (non-hydrogen) atoms. The summed E-state index contributed by atoms with van der Waals surface area (Å²) in [5.41, 5.74) is 0.846. The van der Waals surface area contributed by atoms with Gasteiger partial charge < -0.3 is 15.9 Å². The predicted octanol–water partition coefficient (Wildman–Crippen LogP) is 1.67. The zero-order valence-corrected chi connectivity index (χ0v) is 15.1. The Morgan fingerprint density at radius 3 is 2.96 bits per heavy atom. The van der Waals surface area contributed by atoms with Gasteiger partial charge in [-0.25, -0.2) is 4.68 Å². The first-order valence-corrected chi connectivity index (χ1v) is 8.75. The van der Waals surface area contributed by atoms with E-state index in [1.165, 1.54) is 16.4 Å². The van der Waals surface area contributed by atoms with E-state index in [0.29, 0.717) is 24.1 Å². The summed E-state index contributed by atoms with van der Waals surface area (Å²) in [6.07, 6.45) is 0.784. The van der Waals surface area contributed by atoms with Crippen LogP contribution < -0.4 is 11.2 Å². The lowest BCUT2D eigenvalue weighted by Crippen LogP contribution is -2.27. The number of aromatic nitrogens is 3. The Morgan fingerprint density at radius 1 is 1.43 bits per heavy atom. The fraction of sp³-hybridized carbons (Fsp3) is 0.357. The molecule has 2 rings (SSSR count). The van der Waals surface area contributed by atoms with E-state index in [1.54, 1.807) is 7.11 Å². The van der Waals surface area contributed by atoms with Crippen LogP contribution in [-0.2, 0) is 9.53 Å². The van der Waals surface area contributed by atoms with Gasteiger partial charge >= 0.3 is 0 Å². The van der Waals surface area contributed by atoms with Gasteiger partial charge in [0.15, 0.2) is 5.82 Å². The Bertz CT molecular complexity index is 664. The Morgan fingerprint density at radius 2 is 2.22 bits per heavy atom. The number of amides is 1. The molecule has 0 aliphatic rings. The van der Waals surface area contributed by atoms with Crippen molar-refractivity contribution < 1.29 is 9.53 Å². The van der Waals surface area contributed by atoms with Gasteiger partial charge in [0.1, 0.15) is 0 Å². The van der Waals surface area contributed by atoms with Gasteiger partial charge in [0.2, 0.25) is 11.1 Å². The molecule has 0 aliphatic heterocycles. The van der Waals surface area contributed by atoms with Crippen molar-refractivity contribution in [1.29, 1.82) is 0 Å². The third-order valence-corrected chi connectivity index (χ3v) is 4.59. The zero-order chi connectivity index (χ0) is 16.7. The number of benzene rings is 1. The fourth-order valence-electron chi connectivity index (χ4n) is 1.83. The number of nitrogens with zero attached hydrogens (tertiary/aromatic N) is 3. The number of halogens is 1. The number of ether oxygens (including phenoxy) is 1. The molecule has 0 aliphatic carbocycles. The van der Waals surface area contributed by atoms with E-state index in [-0.39, 0.29) is 11.7 Å². The van der Waals surface area contributed by atoms with Crippen LogP contribution in [0, 0.1) is 0 Å². The van der Waals surface area contributed by atoms with Crippen LogP contribution in [0.1, 0.15) is 6.42 Å². The molecule has 0 unspecified atom stereocenters. The van der Waals surface area contributed by atoms with Crippen LogP contribution in [0.25, 0.3) is 11.4 Å². The number of carbonyl (C=O) groups is 1. The molecular weight excluding hydrogens is 382 g/mol. The highest BCUT2D eigenvalue weighted by molar-refractivity contribution is 9.10. The normalized spacial score (nSPS) is 10.7. The second kappa shape index (κ2) is 8.90. The number of hydrogen-bond acceptors (Lipinski definition) is 6. The van der Waals surface area contributed by atoms with E-state index in [0.717, 1.165) is 16.5 Å². The molecule has 0 atom stereocenters. The highest BCUT2D eigenvalue weighted by Gasteiger charge is 2.15. The van der Waals surface area contributed by atoms with Gasteiger partial charge in [0.25, 0.3) is 0 Å². The van der Waals surface area contributed by atoms with Gasteiger partial charge in [-0.15, -0.1) is 10.2 Å². The molecule has 1 aromatic heterocycles. The molecule has 1 amide bonds. The van der Waals surface area contributed by atoms with Gasteiger partial charge in [-0.1, -0.05) is 39.8 Å². The summed E-state index contributed by atoms with van der Waals surface area (Å²) in [6, 6.07) is 7.61. The van der Waals surface area contributed by atoms with Crippen LogP contribution in [0.3, 0.4) is 0 Å². The summed E-state index contributed by atoms with van der Waals surface area (Å²) in [5.74, 6) is 6.74. The maximum absolute atomic E-state index is 11.7. The van der Waals surface area contributed by atoms with E-state index < -0.39 is 0 Å². The van der Waals surface area contributed by atoms with Crippen LogP contribution in [0.2, 0.25) is 0 Å². The van der Waals surface area contributed by atoms with Crippen molar-refractivity contribution in [3.05, 3.63) is 28.7 Å². The number of methoxy groups -OCH3 is 1. The topological polar surface area (TPSA) is 95.1 Å². The minimum Gasteiger partial charge on any atom is -0.385 e. The summed E-state index contributed by atoms with van der Waals surface area (Å²) in [4.78, 5) is 11.7. The average molecular weight is 400 g/mol. The SMILES string of the molecule is COCCCNC(=O)CSc1nnc(-c2ccccc2Br)n1N. The van der Waals surface area contributed by atoms with Crippen LogP contribution in [0.5, 0.6) is 0 Å². The quantitative estimate of drug-likeness (QED) is 0.398. The number of carbonyl (C=O) groups excluding carboxylic acids is 1. The molecule has 7 nitrogen and oxygen atoms in total. The lowest BCUT2D eigenvalue weighted by molar-refractivity contribution is -0.118. The predicted molar refractivity (Wildman–Crippen MR) is 93.5 cm³/mol. The monoisotopic (exact) mass is 399 g/mol. The lowest BCUT2D eigenvalue weighted by atomic mass is 10.2. The van der Waals surface area contributed by atoms with Crippen molar-refractivity contribution in [2.45, 2.75) is 11.6 Å². The highest BCUT2D eigenvalue weighted by atomic mass is 79.9. The molecule has 0 spiro atoms.